The van der Waals surface area contributed by atoms with Crippen LogP contribution in [-0.2, 0) is 22.3 Å². The standard InChI is InChI=1S/C32H42N4O3/c1-22-11-12-27-28(35(22)32(37)38-2)13-14-29-31(27)34-30(19-23-7-4-3-5-8-23)36(29)25-9-6-10-26(20-25)39-21-24-15-17-33-18-16-24/h3-5,7-8,13-14,22,24-26,33H,6,9-12,15-21H2,1-2H3/t22-,25+,26-/m0/s1. The number of ether oxygens (including phenoxy) is 2. The van der Waals surface area contributed by atoms with Crippen LogP contribution in [-0.4, -0.2) is 54.6 Å². The second-order valence-corrected chi connectivity index (χ2v) is 11.7. The summed E-state index contributed by atoms with van der Waals surface area (Å²) in [6.45, 7) is 5.20. The van der Waals surface area contributed by atoms with E-state index in [-0.39, 0.29) is 12.1 Å². The molecule has 7 nitrogen and oxygen atoms in total. The first kappa shape index (κ1) is 26.3. The molecule has 1 aliphatic carbocycles. The molecule has 208 valence electrons. The number of imidazole rings is 1. The number of aryl methyl sites for hydroxylation is 1. The van der Waals surface area contributed by atoms with Crippen LogP contribution in [0.4, 0.5) is 10.5 Å². The number of nitrogens with zero attached hydrogens (tertiary/aromatic N) is 3. The van der Waals surface area contributed by atoms with E-state index in [0.29, 0.717) is 18.1 Å². The SMILES string of the molecule is COC(=O)N1c2ccc3c(nc(Cc4ccccc4)n3[C@@H]3CCC[C@H](OCC4CCNCC4)C3)c2CC[C@@H]1C. The summed E-state index contributed by atoms with van der Waals surface area (Å²) in [5.74, 6) is 1.79. The van der Waals surface area contributed by atoms with E-state index in [9.17, 15) is 4.79 Å². The van der Waals surface area contributed by atoms with E-state index in [2.05, 4.69) is 59.3 Å². The van der Waals surface area contributed by atoms with Crippen LogP contribution in [0.25, 0.3) is 11.0 Å². The predicted molar refractivity (Wildman–Crippen MR) is 154 cm³/mol. The van der Waals surface area contributed by atoms with Gasteiger partial charge in [0.1, 0.15) is 5.82 Å². The molecule has 1 saturated heterocycles. The average Bonchev–Trinajstić information content (AvgIpc) is 3.35. The molecular formula is C32H42N4O3. The highest BCUT2D eigenvalue weighted by molar-refractivity contribution is 5.95. The molecule has 1 amide bonds. The van der Waals surface area contributed by atoms with Gasteiger partial charge < -0.3 is 19.4 Å². The minimum atomic E-state index is -0.298. The highest BCUT2D eigenvalue weighted by Gasteiger charge is 2.33. The van der Waals surface area contributed by atoms with Crippen molar-refractivity contribution in [1.29, 1.82) is 0 Å². The maximum Gasteiger partial charge on any atom is 0.414 e. The minimum Gasteiger partial charge on any atom is -0.452 e. The summed E-state index contributed by atoms with van der Waals surface area (Å²) in [5, 5.41) is 3.46. The van der Waals surface area contributed by atoms with Crippen molar-refractivity contribution >= 4 is 22.8 Å². The van der Waals surface area contributed by atoms with Crippen LogP contribution < -0.4 is 10.2 Å². The molecule has 3 aromatic rings. The van der Waals surface area contributed by atoms with Crippen LogP contribution in [0.3, 0.4) is 0 Å². The highest BCUT2D eigenvalue weighted by atomic mass is 16.5. The zero-order valence-corrected chi connectivity index (χ0v) is 23.4. The summed E-state index contributed by atoms with van der Waals surface area (Å²) in [7, 11) is 1.46. The van der Waals surface area contributed by atoms with E-state index in [1.165, 1.54) is 43.0 Å². The Kier molecular flexibility index (Phi) is 7.89. The maximum atomic E-state index is 12.7. The van der Waals surface area contributed by atoms with Crippen molar-refractivity contribution in [3.05, 3.63) is 59.4 Å². The number of hydrogen-bond acceptors (Lipinski definition) is 5. The molecule has 2 fully saturated rings. The van der Waals surface area contributed by atoms with Crippen LogP contribution in [0.5, 0.6) is 0 Å². The Morgan fingerprint density at radius 1 is 1.05 bits per heavy atom. The van der Waals surface area contributed by atoms with E-state index in [1.54, 1.807) is 4.90 Å². The van der Waals surface area contributed by atoms with Gasteiger partial charge in [-0.25, -0.2) is 9.78 Å². The third-order valence-corrected chi connectivity index (χ3v) is 9.09. The molecule has 39 heavy (non-hydrogen) atoms. The molecule has 0 unspecified atom stereocenters. The van der Waals surface area contributed by atoms with Gasteiger partial charge in [0.15, 0.2) is 0 Å². The summed E-state index contributed by atoms with van der Waals surface area (Å²) in [6.07, 6.45) is 9.53. The zero-order valence-electron chi connectivity index (χ0n) is 23.4. The van der Waals surface area contributed by atoms with Gasteiger partial charge in [0.2, 0.25) is 0 Å². The zero-order chi connectivity index (χ0) is 26.8. The van der Waals surface area contributed by atoms with E-state index in [0.717, 1.165) is 75.2 Å². The van der Waals surface area contributed by atoms with Gasteiger partial charge in [-0.15, -0.1) is 0 Å². The molecule has 0 radical (unpaired) electrons. The molecule has 0 bridgehead atoms. The number of anilines is 1. The van der Waals surface area contributed by atoms with Gasteiger partial charge in [0, 0.05) is 30.7 Å². The first-order chi connectivity index (χ1) is 19.1. The monoisotopic (exact) mass is 530 g/mol. The molecule has 1 saturated carbocycles. The molecule has 3 aliphatic rings. The Labute approximate surface area is 231 Å². The first-order valence-electron chi connectivity index (χ1n) is 14.9. The summed E-state index contributed by atoms with van der Waals surface area (Å²) < 4.78 is 14.2. The highest BCUT2D eigenvalue weighted by Crippen LogP contribution is 2.40. The largest absolute Gasteiger partial charge is 0.452 e. The van der Waals surface area contributed by atoms with Gasteiger partial charge in [-0.3, -0.25) is 4.90 Å². The number of amides is 1. The number of fused-ring (bicyclic) bond motifs is 3. The number of aromatic nitrogens is 2. The molecule has 0 spiro atoms. The fourth-order valence-corrected chi connectivity index (χ4v) is 6.96. The predicted octanol–water partition coefficient (Wildman–Crippen LogP) is 6.03. The molecule has 3 heterocycles. The van der Waals surface area contributed by atoms with Crippen molar-refractivity contribution in [3.8, 4) is 0 Å². The van der Waals surface area contributed by atoms with Crippen LogP contribution in [0, 0.1) is 5.92 Å². The molecule has 3 atom stereocenters. The Morgan fingerprint density at radius 2 is 1.87 bits per heavy atom. The number of rotatable bonds is 6. The Hall–Kier alpha value is -2.90. The van der Waals surface area contributed by atoms with Crippen molar-refractivity contribution in [2.24, 2.45) is 5.92 Å². The van der Waals surface area contributed by atoms with Crippen molar-refractivity contribution in [2.45, 2.75) is 82.9 Å². The van der Waals surface area contributed by atoms with Crippen molar-refractivity contribution in [1.82, 2.24) is 14.9 Å². The van der Waals surface area contributed by atoms with Gasteiger partial charge >= 0.3 is 6.09 Å². The Morgan fingerprint density at radius 3 is 2.67 bits per heavy atom. The molecule has 7 heteroatoms. The number of nitrogens with one attached hydrogen (secondary N) is 1. The van der Waals surface area contributed by atoms with Crippen LogP contribution in [0.15, 0.2) is 42.5 Å². The Bertz CT molecular complexity index is 1280. The summed E-state index contributed by atoms with van der Waals surface area (Å²) >= 11 is 0. The van der Waals surface area contributed by atoms with Gasteiger partial charge in [-0.05, 0) is 95.0 Å². The number of carbonyl (C=O) groups is 1. The van der Waals surface area contributed by atoms with Gasteiger partial charge in [-0.1, -0.05) is 30.3 Å². The molecule has 1 aromatic heterocycles. The quantitative estimate of drug-likeness (QED) is 0.421. The van der Waals surface area contributed by atoms with Crippen molar-refractivity contribution in [2.75, 3.05) is 31.7 Å². The number of hydrogen-bond donors (Lipinski definition) is 1. The van der Waals surface area contributed by atoms with Crippen molar-refractivity contribution in [3.63, 3.8) is 0 Å². The molecule has 1 N–H and O–H groups in total. The lowest BCUT2D eigenvalue weighted by molar-refractivity contribution is -0.00802. The smallest absolute Gasteiger partial charge is 0.414 e. The van der Waals surface area contributed by atoms with Crippen LogP contribution in [0.2, 0.25) is 0 Å². The van der Waals surface area contributed by atoms with Crippen LogP contribution in [0.1, 0.15) is 74.9 Å². The van der Waals surface area contributed by atoms with Crippen LogP contribution >= 0.6 is 0 Å². The number of benzene rings is 2. The molecular weight excluding hydrogens is 488 g/mol. The lowest BCUT2D eigenvalue weighted by atomic mass is 9.91. The van der Waals surface area contributed by atoms with E-state index >= 15 is 0 Å². The lowest BCUT2D eigenvalue weighted by Gasteiger charge is -2.34. The molecule has 2 aromatic carbocycles. The average molecular weight is 531 g/mol. The maximum absolute atomic E-state index is 12.7. The topological polar surface area (TPSA) is 68.6 Å². The summed E-state index contributed by atoms with van der Waals surface area (Å²) in [5.41, 5.74) is 5.59. The van der Waals surface area contributed by atoms with E-state index in [4.69, 9.17) is 14.5 Å². The minimum absolute atomic E-state index is 0.101. The third-order valence-electron chi connectivity index (χ3n) is 9.09. The number of piperidine rings is 1. The Balaban J connectivity index is 1.34. The summed E-state index contributed by atoms with van der Waals surface area (Å²) in [4.78, 5) is 19.8. The lowest BCUT2D eigenvalue weighted by Crippen LogP contribution is -2.42. The number of methoxy groups -OCH3 is 1. The third kappa shape index (κ3) is 5.44. The first-order valence-corrected chi connectivity index (χ1v) is 14.9. The van der Waals surface area contributed by atoms with Crippen molar-refractivity contribution < 1.29 is 14.3 Å². The van der Waals surface area contributed by atoms with Gasteiger partial charge in [0.05, 0.1) is 29.9 Å². The van der Waals surface area contributed by atoms with Gasteiger partial charge in [-0.2, -0.15) is 0 Å². The molecule has 2 aliphatic heterocycles. The second-order valence-electron chi connectivity index (χ2n) is 11.7. The van der Waals surface area contributed by atoms with Gasteiger partial charge in [0.25, 0.3) is 0 Å². The fraction of sp³-hybridized carbons (Fsp3) is 0.562. The fourth-order valence-electron chi connectivity index (χ4n) is 6.96. The molecule has 6 rings (SSSR count). The summed E-state index contributed by atoms with van der Waals surface area (Å²) in [6, 6.07) is 15.4. The second kappa shape index (κ2) is 11.7. The normalized spacial score (nSPS) is 24.1. The van der Waals surface area contributed by atoms with E-state index < -0.39 is 0 Å². The van der Waals surface area contributed by atoms with E-state index in [1.807, 2.05) is 0 Å². The number of carbonyl (C=O) groups excluding carboxylic acids is 1.